The SMILES string of the molecule is COCCC(C)(O)CNCc1ccncc1Cl. The number of halogens is 1. The highest BCUT2D eigenvalue weighted by atomic mass is 35.5. The Kier molecular flexibility index (Phi) is 5.85. The minimum absolute atomic E-state index is 0.495. The second kappa shape index (κ2) is 6.91. The molecule has 1 heterocycles. The van der Waals surface area contributed by atoms with Crippen molar-refractivity contribution in [3.8, 4) is 0 Å². The Labute approximate surface area is 107 Å². The van der Waals surface area contributed by atoms with Gasteiger partial charge in [-0.1, -0.05) is 11.6 Å². The largest absolute Gasteiger partial charge is 0.389 e. The molecule has 0 aliphatic rings. The van der Waals surface area contributed by atoms with Crippen LogP contribution in [0.1, 0.15) is 18.9 Å². The number of hydrogen-bond acceptors (Lipinski definition) is 4. The van der Waals surface area contributed by atoms with Crippen LogP contribution in [-0.4, -0.2) is 36.0 Å². The molecule has 4 nitrogen and oxygen atoms in total. The van der Waals surface area contributed by atoms with Crippen molar-refractivity contribution in [1.29, 1.82) is 0 Å². The predicted octanol–water partition coefficient (Wildman–Crippen LogP) is 1.61. The Morgan fingerprint density at radius 2 is 2.35 bits per heavy atom. The smallest absolute Gasteiger partial charge is 0.0765 e. The summed E-state index contributed by atoms with van der Waals surface area (Å²) in [5.74, 6) is 0. The zero-order chi connectivity index (χ0) is 12.7. The number of aliphatic hydroxyl groups is 1. The molecule has 2 N–H and O–H groups in total. The summed E-state index contributed by atoms with van der Waals surface area (Å²) in [6.07, 6.45) is 3.91. The molecular weight excluding hydrogens is 240 g/mol. The Morgan fingerprint density at radius 1 is 1.59 bits per heavy atom. The van der Waals surface area contributed by atoms with Crippen molar-refractivity contribution in [2.24, 2.45) is 0 Å². The fraction of sp³-hybridized carbons (Fsp3) is 0.583. The van der Waals surface area contributed by atoms with Crippen molar-refractivity contribution in [1.82, 2.24) is 10.3 Å². The van der Waals surface area contributed by atoms with Gasteiger partial charge in [-0.15, -0.1) is 0 Å². The van der Waals surface area contributed by atoms with Gasteiger partial charge in [0.2, 0.25) is 0 Å². The summed E-state index contributed by atoms with van der Waals surface area (Å²) in [4.78, 5) is 3.92. The lowest BCUT2D eigenvalue weighted by atomic mass is 10.0. The van der Waals surface area contributed by atoms with Crippen LogP contribution in [0.25, 0.3) is 0 Å². The van der Waals surface area contributed by atoms with Crippen LogP contribution in [0.5, 0.6) is 0 Å². The quantitative estimate of drug-likeness (QED) is 0.780. The van der Waals surface area contributed by atoms with E-state index in [0.717, 1.165) is 5.56 Å². The van der Waals surface area contributed by atoms with Crippen LogP contribution in [0.4, 0.5) is 0 Å². The van der Waals surface area contributed by atoms with E-state index in [4.69, 9.17) is 16.3 Å². The number of ether oxygens (including phenoxy) is 1. The van der Waals surface area contributed by atoms with Crippen molar-refractivity contribution in [3.05, 3.63) is 29.0 Å². The molecule has 96 valence electrons. The summed E-state index contributed by atoms with van der Waals surface area (Å²) in [5.41, 5.74) is 0.208. The lowest BCUT2D eigenvalue weighted by molar-refractivity contribution is 0.0247. The second-order valence-corrected chi connectivity index (χ2v) is 4.72. The van der Waals surface area contributed by atoms with Crippen LogP contribution >= 0.6 is 11.6 Å². The third-order valence-corrected chi connectivity index (χ3v) is 2.86. The maximum absolute atomic E-state index is 10.0. The van der Waals surface area contributed by atoms with E-state index in [2.05, 4.69) is 10.3 Å². The normalized spacial score (nSPS) is 14.6. The first kappa shape index (κ1) is 14.4. The van der Waals surface area contributed by atoms with E-state index in [1.54, 1.807) is 26.4 Å². The molecule has 1 unspecified atom stereocenters. The Morgan fingerprint density at radius 3 is 3.00 bits per heavy atom. The highest BCUT2D eigenvalue weighted by molar-refractivity contribution is 6.31. The third-order valence-electron chi connectivity index (χ3n) is 2.52. The molecule has 0 amide bonds. The maximum atomic E-state index is 10.0. The minimum atomic E-state index is -0.768. The molecule has 1 rings (SSSR count). The molecule has 0 saturated heterocycles. The molecule has 0 aliphatic heterocycles. The van der Waals surface area contributed by atoms with Crippen molar-refractivity contribution in [2.45, 2.75) is 25.5 Å². The van der Waals surface area contributed by atoms with E-state index in [1.165, 1.54) is 0 Å². The third kappa shape index (κ3) is 5.46. The first-order chi connectivity index (χ1) is 8.05. The van der Waals surface area contributed by atoms with E-state index >= 15 is 0 Å². The Hall–Kier alpha value is -0.680. The second-order valence-electron chi connectivity index (χ2n) is 4.31. The molecule has 0 spiro atoms. The van der Waals surface area contributed by atoms with Gasteiger partial charge in [-0.05, 0) is 18.6 Å². The number of aromatic nitrogens is 1. The van der Waals surface area contributed by atoms with Gasteiger partial charge in [-0.3, -0.25) is 4.98 Å². The Balaban J connectivity index is 2.35. The Bertz CT molecular complexity index is 345. The van der Waals surface area contributed by atoms with E-state index in [0.29, 0.717) is 31.1 Å². The first-order valence-electron chi connectivity index (χ1n) is 5.55. The number of nitrogens with one attached hydrogen (secondary N) is 1. The van der Waals surface area contributed by atoms with E-state index in [-0.39, 0.29) is 0 Å². The first-order valence-corrected chi connectivity index (χ1v) is 5.93. The van der Waals surface area contributed by atoms with Crippen LogP contribution in [0.2, 0.25) is 5.02 Å². The lowest BCUT2D eigenvalue weighted by Gasteiger charge is -2.23. The van der Waals surface area contributed by atoms with Gasteiger partial charge in [0.25, 0.3) is 0 Å². The van der Waals surface area contributed by atoms with Crippen molar-refractivity contribution < 1.29 is 9.84 Å². The summed E-state index contributed by atoms with van der Waals surface area (Å²) in [6, 6.07) is 1.86. The average molecular weight is 259 g/mol. The molecule has 0 saturated carbocycles. The number of nitrogens with zero attached hydrogens (tertiary/aromatic N) is 1. The molecule has 0 aliphatic carbocycles. The molecule has 17 heavy (non-hydrogen) atoms. The molecule has 1 atom stereocenters. The van der Waals surface area contributed by atoms with Crippen molar-refractivity contribution >= 4 is 11.6 Å². The lowest BCUT2D eigenvalue weighted by Crippen LogP contribution is -2.38. The van der Waals surface area contributed by atoms with E-state index < -0.39 is 5.60 Å². The summed E-state index contributed by atoms with van der Waals surface area (Å²) >= 11 is 5.97. The predicted molar refractivity (Wildman–Crippen MR) is 68.1 cm³/mol. The van der Waals surface area contributed by atoms with Crippen LogP contribution in [0, 0.1) is 0 Å². The van der Waals surface area contributed by atoms with Gasteiger partial charge >= 0.3 is 0 Å². The van der Waals surface area contributed by atoms with Crippen LogP contribution < -0.4 is 5.32 Å². The summed E-state index contributed by atoms with van der Waals surface area (Å²) in [5, 5.41) is 13.8. The molecule has 0 aromatic carbocycles. The fourth-order valence-electron chi connectivity index (χ4n) is 1.42. The molecule has 1 aromatic heterocycles. The van der Waals surface area contributed by atoms with Crippen LogP contribution in [-0.2, 0) is 11.3 Å². The standard InChI is InChI=1S/C12H19ClN2O2/c1-12(16,4-6-17-2)9-15-7-10-3-5-14-8-11(10)13/h3,5,8,15-16H,4,6-7,9H2,1-2H3. The van der Waals surface area contributed by atoms with Crippen LogP contribution in [0.15, 0.2) is 18.5 Å². The van der Waals surface area contributed by atoms with Gasteiger partial charge in [0.15, 0.2) is 0 Å². The van der Waals surface area contributed by atoms with Gasteiger partial charge in [0.1, 0.15) is 0 Å². The minimum Gasteiger partial charge on any atom is -0.389 e. The van der Waals surface area contributed by atoms with E-state index in [1.807, 2.05) is 6.07 Å². The monoisotopic (exact) mass is 258 g/mol. The number of methoxy groups -OCH3 is 1. The topological polar surface area (TPSA) is 54.4 Å². The zero-order valence-corrected chi connectivity index (χ0v) is 11.0. The van der Waals surface area contributed by atoms with Crippen LogP contribution in [0.3, 0.4) is 0 Å². The van der Waals surface area contributed by atoms with E-state index in [9.17, 15) is 5.11 Å². The number of hydrogen-bond donors (Lipinski definition) is 2. The molecule has 5 heteroatoms. The molecule has 1 aromatic rings. The molecule has 0 radical (unpaired) electrons. The van der Waals surface area contributed by atoms with Gasteiger partial charge in [0, 0.05) is 45.6 Å². The summed E-state index contributed by atoms with van der Waals surface area (Å²) in [7, 11) is 1.63. The van der Waals surface area contributed by atoms with Crippen molar-refractivity contribution in [2.75, 3.05) is 20.3 Å². The van der Waals surface area contributed by atoms with Gasteiger partial charge < -0.3 is 15.2 Å². The van der Waals surface area contributed by atoms with Crippen molar-refractivity contribution in [3.63, 3.8) is 0 Å². The summed E-state index contributed by atoms with van der Waals surface area (Å²) in [6.45, 7) is 3.44. The van der Waals surface area contributed by atoms with Gasteiger partial charge in [0.05, 0.1) is 10.6 Å². The maximum Gasteiger partial charge on any atom is 0.0765 e. The molecule has 0 fully saturated rings. The zero-order valence-electron chi connectivity index (χ0n) is 10.2. The van der Waals surface area contributed by atoms with Gasteiger partial charge in [-0.2, -0.15) is 0 Å². The highest BCUT2D eigenvalue weighted by Crippen LogP contribution is 2.13. The summed E-state index contributed by atoms with van der Waals surface area (Å²) < 4.78 is 4.94. The number of rotatable bonds is 7. The molecular formula is C12H19ClN2O2. The van der Waals surface area contributed by atoms with Gasteiger partial charge in [-0.25, -0.2) is 0 Å². The highest BCUT2D eigenvalue weighted by Gasteiger charge is 2.19. The fourth-order valence-corrected chi connectivity index (χ4v) is 1.61. The molecule has 0 bridgehead atoms. The number of pyridine rings is 1. The average Bonchev–Trinajstić information content (AvgIpc) is 2.29.